The number of ether oxygens (including phenoxy) is 2. The molecule has 2 aromatic heterocycles. The molecule has 0 aliphatic rings. The van der Waals surface area contributed by atoms with E-state index in [2.05, 4.69) is 10.3 Å². The number of halogens is 1. The predicted molar refractivity (Wildman–Crippen MR) is 132 cm³/mol. The van der Waals surface area contributed by atoms with Crippen LogP contribution in [0.5, 0.6) is 5.75 Å². The van der Waals surface area contributed by atoms with Crippen LogP contribution in [0.4, 0.5) is 5.69 Å². The number of thiophene rings is 1. The molecule has 4 aromatic rings. The molecular formula is C24H20ClN3O5S. The van der Waals surface area contributed by atoms with Gasteiger partial charge in [-0.25, -0.2) is 4.98 Å². The Balaban J connectivity index is 1.41. The summed E-state index contributed by atoms with van der Waals surface area (Å²) in [6.07, 6.45) is 1.29. The first-order chi connectivity index (χ1) is 16.3. The van der Waals surface area contributed by atoms with Gasteiger partial charge >= 0.3 is 5.97 Å². The molecule has 2 heterocycles. The van der Waals surface area contributed by atoms with E-state index in [4.69, 9.17) is 21.1 Å². The van der Waals surface area contributed by atoms with Gasteiger partial charge in [-0.1, -0.05) is 17.7 Å². The summed E-state index contributed by atoms with van der Waals surface area (Å²) >= 11 is 7.38. The fourth-order valence-corrected chi connectivity index (χ4v) is 4.54. The van der Waals surface area contributed by atoms with Crippen molar-refractivity contribution in [1.82, 2.24) is 9.55 Å². The highest BCUT2D eigenvalue weighted by Crippen LogP contribution is 2.31. The monoisotopic (exact) mass is 497 g/mol. The van der Waals surface area contributed by atoms with Crippen molar-refractivity contribution in [1.29, 1.82) is 0 Å². The molecule has 10 heteroatoms. The van der Waals surface area contributed by atoms with Gasteiger partial charge in [-0.15, -0.1) is 11.3 Å². The van der Waals surface area contributed by atoms with E-state index in [1.54, 1.807) is 25.3 Å². The number of amides is 1. The third-order valence-corrected chi connectivity index (χ3v) is 6.41. The number of methoxy groups -OCH3 is 1. The SMILES string of the molecule is COc1ccc(-c2cc3ncn(CC(=O)OCC(=O)Nc4ccc(C)cc4Cl)c(=O)c3s2)cc1. The Morgan fingerprint density at radius 2 is 1.91 bits per heavy atom. The zero-order valence-electron chi connectivity index (χ0n) is 18.3. The zero-order chi connectivity index (χ0) is 24.2. The number of fused-ring (bicyclic) bond motifs is 1. The van der Waals surface area contributed by atoms with Crippen LogP contribution in [0, 0.1) is 6.92 Å². The van der Waals surface area contributed by atoms with Crippen LogP contribution in [0.15, 0.2) is 59.7 Å². The molecule has 0 saturated carbocycles. The lowest BCUT2D eigenvalue weighted by Gasteiger charge is -2.09. The number of esters is 1. The second-order valence-electron chi connectivity index (χ2n) is 7.42. The lowest BCUT2D eigenvalue weighted by atomic mass is 10.2. The molecule has 0 bridgehead atoms. The highest BCUT2D eigenvalue weighted by Gasteiger charge is 2.15. The number of aryl methyl sites for hydroxylation is 1. The minimum absolute atomic E-state index is 0.359. The van der Waals surface area contributed by atoms with Crippen molar-refractivity contribution in [2.75, 3.05) is 19.0 Å². The van der Waals surface area contributed by atoms with Crippen LogP contribution in [-0.2, 0) is 20.9 Å². The molecule has 0 spiro atoms. The lowest BCUT2D eigenvalue weighted by Crippen LogP contribution is -2.27. The van der Waals surface area contributed by atoms with E-state index in [0.29, 0.717) is 20.9 Å². The number of hydrogen-bond acceptors (Lipinski definition) is 7. The second-order valence-corrected chi connectivity index (χ2v) is 8.88. The van der Waals surface area contributed by atoms with Crippen LogP contribution in [-0.4, -0.2) is 35.1 Å². The van der Waals surface area contributed by atoms with Crippen molar-refractivity contribution < 1.29 is 19.1 Å². The number of nitrogens with zero attached hydrogens (tertiary/aromatic N) is 2. The second kappa shape index (κ2) is 10.1. The van der Waals surface area contributed by atoms with Crippen molar-refractivity contribution >= 4 is 50.7 Å². The normalized spacial score (nSPS) is 10.8. The Kier molecular flexibility index (Phi) is 6.95. The number of carbonyl (C=O) groups excluding carboxylic acids is 2. The largest absolute Gasteiger partial charge is 0.497 e. The van der Waals surface area contributed by atoms with Crippen LogP contribution in [0.25, 0.3) is 20.7 Å². The highest BCUT2D eigenvalue weighted by atomic mass is 35.5. The molecule has 2 aromatic carbocycles. The Labute approximate surface area is 203 Å². The summed E-state index contributed by atoms with van der Waals surface area (Å²) in [6.45, 7) is 1.01. The topological polar surface area (TPSA) is 99.5 Å². The number of anilines is 1. The van der Waals surface area contributed by atoms with E-state index < -0.39 is 18.5 Å². The predicted octanol–water partition coefficient (Wildman–Crippen LogP) is 4.28. The Morgan fingerprint density at radius 1 is 1.15 bits per heavy atom. The quantitative estimate of drug-likeness (QED) is 0.383. The maximum atomic E-state index is 12.9. The van der Waals surface area contributed by atoms with Gasteiger partial charge in [0, 0.05) is 4.88 Å². The minimum atomic E-state index is -0.736. The fourth-order valence-electron chi connectivity index (χ4n) is 3.19. The smallest absolute Gasteiger partial charge is 0.326 e. The third-order valence-electron chi connectivity index (χ3n) is 4.94. The van der Waals surface area contributed by atoms with Gasteiger partial charge in [-0.05, 0) is 60.5 Å². The summed E-state index contributed by atoms with van der Waals surface area (Å²) < 4.78 is 11.8. The lowest BCUT2D eigenvalue weighted by molar-refractivity contribution is -0.147. The van der Waals surface area contributed by atoms with E-state index in [1.807, 2.05) is 37.3 Å². The summed E-state index contributed by atoms with van der Waals surface area (Å²) in [5.41, 5.74) is 2.48. The molecule has 0 fully saturated rings. The molecule has 1 N–H and O–H groups in total. The van der Waals surface area contributed by atoms with Gasteiger partial charge in [0.1, 0.15) is 17.0 Å². The average Bonchev–Trinajstić information content (AvgIpc) is 3.27. The first kappa shape index (κ1) is 23.5. The Hall–Kier alpha value is -3.69. The molecule has 0 radical (unpaired) electrons. The zero-order valence-corrected chi connectivity index (χ0v) is 19.9. The third kappa shape index (κ3) is 5.27. The van der Waals surface area contributed by atoms with Gasteiger partial charge in [-0.3, -0.25) is 19.0 Å². The highest BCUT2D eigenvalue weighted by molar-refractivity contribution is 7.22. The summed E-state index contributed by atoms with van der Waals surface area (Å²) in [7, 11) is 1.60. The Morgan fingerprint density at radius 3 is 2.62 bits per heavy atom. The van der Waals surface area contributed by atoms with Gasteiger partial charge < -0.3 is 14.8 Å². The van der Waals surface area contributed by atoms with E-state index in [-0.39, 0.29) is 12.1 Å². The average molecular weight is 498 g/mol. The van der Waals surface area contributed by atoms with Crippen molar-refractivity contribution in [3.05, 3.63) is 75.8 Å². The van der Waals surface area contributed by atoms with Crippen LogP contribution in [0.1, 0.15) is 5.56 Å². The van der Waals surface area contributed by atoms with E-state index >= 15 is 0 Å². The molecule has 34 heavy (non-hydrogen) atoms. The molecule has 4 rings (SSSR count). The summed E-state index contributed by atoms with van der Waals surface area (Å²) in [5, 5.41) is 2.97. The molecule has 0 aliphatic heterocycles. The molecule has 1 amide bonds. The molecule has 8 nitrogen and oxygen atoms in total. The standard InChI is InChI=1S/C24H20ClN3O5S/c1-14-3-8-18(17(25)9-14)27-21(29)12-33-22(30)11-28-13-26-19-10-20(34-23(19)24(28)31)15-4-6-16(32-2)7-5-15/h3-10,13H,11-12H2,1-2H3,(H,27,29). The summed E-state index contributed by atoms with van der Waals surface area (Å²) in [4.78, 5) is 42.3. The Bertz CT molecular complexity index is 1430. The van der Waals surface area contributed by atoms with Crippen LogP contribution in [0.2, 0.25) is 5.02 Å². The number of carbonyl (C=O) groups is 2. The van der Waals surface area contributed by atoms with Crippen molar-refractivity contribution in [3.63, 3.8) is 0 Å². The number of nitrogens with one attached hydrogen (secondary N) is 1. The van der Waals surface area contributed by atoms with Crippen LogP contribution >= 0.6 is 22.9 Å². The van der Waals surface area contributed by atoms with Crippen LogP contribution < -0.4 is 15.6 Å². The fraction of sp³-hybridized carbons (Fsp3) is 0.167. The number of aromatic nitrogens is 2. The summed E-state index contributed by atoms with van der Waals surface area (Å²) in [5.74, 6) is -0.540. The molecule has 0 aliphatic carbocycles. The maximum absolute atomic E-state index is 12.9. The van der Waals surface area contributed by atoms with E-state index in [1.165, 1.54) is 17.7 Å². The number of benzene rings is 2. The summed E-state index contributed by atoms with van der Waals surface area (Å²) in [6, 6.07) is 14.5. The van der Waals surface area contributed by atoms with E-state index in [0.717, 1.165) is 26.3 Å². The minimum Gasteiger partial charge on any atom is -0.497 e. The number of rotatable bonds is 7. The van der Waals surface area contributed by atoms with Crippen molar-refractivity contribution in [3.8, 4) is 16.2 Å². The van der Waals surface area contributed by atoms with Gasteiger partial charge in [0.25, 0.3) is 11.5 Å². The van der Waals surface area contributed by atoms with Gasteiger partial charge in [-0.2, -0.15) is 0 Å². The maximum Gasteiger partial charge on any atom is 0.326 e. The van der Waals surface area contributed by atoms with Crippen molar-refractivity contribution in [2.24, 2.45) is 0 Å². The molecule has 0 saturated heterocycles. The van der Waals surface area contributed by atoms with Crippen molar-refractivity contribution in [2.45, 2.75) is 13.5 Å². The molecule has 0 atom stereocenters. The van der Waals surface area contributed by atoms with Gasteiger partial charge in [0.2, 0.25) is 0 Å². The van der Waals surface area contributed by atoms with Crippen LogP contribution in [0.3, 0.4) is 0 Å². The van der Waals surface area contributed by atoms with Gasteiger partial charge in [0.05, 0.1) is 29.7 Å². The first-order valence-electron chi connectivity index (χ1n) is 10.2. The number of hydrogen-bond donors (Lipinski definition) is 1. The molecule has 174 valence electrons. The molecule has 0 unspecified atom stereocenters. The van der Waals surface area contributed by atoms with E-state index in [9.17, 15) is 14.4 Å². The molecular weight excluding hydrogens is 478 g/mol. The van der Waals surface area contributed by atoms with Gasteiger partial charge in [0.15, 0.2) is 6.61 Å². The first-order valence-corrected chi connectivity index (χ1v) is 11.4.